The van der Waals surface area contributed by atoms with E-state index in [0.717, 1.165) is 44.8 Å². The number of methoxy groups -OCH3 is 1. The number of hydrogen-bond acceptors (Lipinski definition) is 5. The Labute approximate surface area is 120 Å². The van der Waals surface area contributed by atoms with Gasteiger partial charge in [-0.25, -0.2) is 9.67 Å². The molecule has 6 nitrogen and oxygen atoms in total. The van der Waals surface area contributed by atoms with Gasteiger partial charge in [0.2, 0.25) is 0 Å². The Kier molecular flexibility index (Phi) is 5.11. The molecule has 1 unspecified atom stereocenters. The lowest BCUT2D eigenvalue weighted by Crippen LogP contribution is -2.39. The molecule has 0 aliphatic carbocycles. The summed E-state index contributed by atoms with van der Waals surface area (Å²) in [5.74, 6) is 1.41. The number of piperidine rings is 1. The van der Waals surface area contributed by atoms with Crippen LogP contribution in [0.15, 0.2) is 6.33 Å². The van der Waals surface area contributed by atoms with Crippen molar-refractivity contribution < 1.29 is 9.53 Å². The molecule has 1 aliphatic heterocycles. The normalized spacial score (nSPS) is 20.3. The first-order valence-electron chi connectivity index (χ1n) is 7.27. The van der Waals surface area contributed by atoms with E-state index >= 15 is 0 Å². The second-order valence-electron chi connectivity index (χ2n) is 5.85. The van der Waals surface area contributed by atoms with Gasteiger partial charge >= 0.3 is 5.97 Å². The quantitative estimate of drug-likeness (QED) is 0.761. The van der Waals surface area contributed by atoms with Crippen LogP contribution >= 0.6 is 0 Å². The van der Waals surface area contributed by atoms with Crippen molar-refractivity contribution in [2.24, 2.45) is 11.8 Å². The third kappa shape index (κ3) is 3.79. The Morgan fingerprint density at radius 1 is 1.55 bits per heavy atom. The largest absolute Gasteiger partial charge is 0.469 e. The molecular weight excluding hydrogens is 256 g/mol. The molecule has 1 atom stereocenters. The molecule has 20 heavy (non-hydrogen) atoms. The van der Waals surface area contributed by atoms with Crippen LogP contribution in [-0.2, 0) is 22.6 Å². The highest BCUT2D eigenvalue weighted by Crippen LogP contribution is 2.19. The first-order valence-corrected chi connectivity index (χ1v) is 7.27. The summed E-state index contributed by atoms with van der Waals surface area (Å²) in [4.78, 5) is 18.3. The van der Waals surface area contributed by atoms with Gasteiger partial charge in [-0.3, -0.25) is 9.69 Å². The average Bonchev–Trinajstić information content (AvgIpc) is 2.84. The first-order chi connectivity index (χ1) is 9.60. The van der Waals surface area contributed by atoms with Crippen molar-refractivity contribution in [2.75, 3.05) is 20.2 Å². The molecule has 0 spiro atoms. The summed E-state index contributed by atoms with van der Waals surface area (Å²) in [5.41, 5.74) is 0. The van der Waals surface area contributed by atoms with Gasteiger partial charge in [-0.2, -0.15) is 5.10 Å². The molecule has 0 saturated carbocycles. The van der Waals surface area contributed by atoms with Crippen LogP contribution < -0.4 is 0 Å². The fraction of sp³-hybridized carbons (Fsp3) is 0.786. The minimum atomic E-state index is -0.0988. The summed E-state index contributed by atoms with van der Waals surface area (Å²) in [7, 11) is 1.46. The second kappa shape index (κ2) is 6.83. The number of hydrogen-bond donors (Lipinski definition) is 0. The van der Waals surface area contributed by atoms with Crippen molar-refractivity contribution in [3.8, 4) is 0 Å². The number of likely N-dealkylation sites (tertiary alicyclic amines) is 1. The predicted octanol–water partition coefficient (Wildman–Crippen LogP) is 1.32. The van der Waals surface area contributed by atoms with Crippen LogP contribution in [0.4, 0.5) is 0 Å². The van der Waals surface area contributed by atoms with Gasteiger partial charge in [0.1, 0.15) is 12.2 Å². The van der Waals surface area contributed by atoms with Crippen LogP contribution in [0.25, 0.3) is 0 Å². The van der Waals surface area contributed by atoms with E-state index < -0.39 is 0 Å². The summed E-state index contributed by atoms with van der Waals surface area (Å²) < 4.78 is 6.82. The van der Waals surface area contributed by atoms with Gasteiger partial charge in [0, 0.05) is 13.1 Å². The van der Waals surface area contributed by atoms with E-state index in [1.165, 1.54) is 7.11 Å². The summed E-state index contributed by atoms with van der Waals surface area (Å²) >= 11 is 0. The molecule has 1 aromatic rings. The molecular formula is C14H24N4O2. The lowest BCUT2D eigenvalue weighted by atomic mass is 9.98. The fourth-order valence-electron chi connectivity index (χ4n) is 2.67. The van der Waals surface area contributed by atoms with Crippen molar-refractivity contribution in [3.63, 3.8) is 0 Å². The molecule has 2 heterocycles. The van der Waals surface area contributed by atoms with E-state index in [-0.39, 0.29) is 11.9 Å². The SMILES string of the molecule is COC(=O)C1CCCN(Cc2ncnn2CC(C)C)C1. The van der Waals surface area contributed by atoms with Crippen molar-refractivity contribution in [1.82, 2.24) is 19.7 Å². The van der Waals surface area contributed by atoms with Crippen molar-refractivity contribution in [2.45, 2.75) is 39.8 Å². The van der Waals surface area contributed by atoms with E-state index in [0.29, 0.717) is 5.92 Å². The van der Waals surface area contributed by atoms with E-state index in [1.807, 2.05) is 4.68 Å². The van der Waals surface area contributed by atoms with E-state index in [4.69, 9.17) is 4.74 Å². The first kappa shape index (κ1) is 15.0. The molecule has 6 heteroatoms. The van der Waals surface area contributed by atoms with Gasteiger partial charge < -0.3 is 4.74 Å². The zero-order valence-electron chi connectivity index (χ0n) is 12.6. The Bertz CT molecular complexity index is 444. The Balaban J connectivity index is 1.96. The Morgan fingerprint density at radius 2 is 2.35 bits per heavy atom. The summed E-state index contributed by atoms with van der Waals surface area (Å²) in [6, 6.07) is 0. The van der Waals surface area contributed by atoms with Crippen LogP contribution in [-0.4, -0.2) is 45.8 Å². The van der Waals surface area contributed by atoms with E-state index in [9.17, 15) is 4.79 Å². The predicted molar refractivity (Wildman–Crippen MR) is 74.9 cm³/mol. The smallest absolute Gasteiger partial charge is 0.309 e. The molecule has 1 aromatic heterocycles. The molecule has 0 radical (unpaired) electrons. The highest BCUT2D eigenvalue weighted by molar-refractivity contribution is 5.72. The second-order valence-corrected chi connectivity index (χ2v) is 5.85. The van der Waals surface area contributed by atoms with Crippen LogP contribution in [0.1, 0.15) is 32.5 Å². The van der Waals surface area contributed by atoms with Crippen molar-refractivity contribution in [3.05, 3.63) is 12.2 Å². The monoisotopic (exact) mass is 280 g/mol. The zero-order valence-corrected chi connectivity index (χ0v) is 12.6. The van der Waals surface area contributed by atoms with Crippen LogP contribution in [0.5, 0.6) is 0 Å². The third-order valence-electron chi connectivity index (χ3n) is 3.64. The van der Waals surface area contributed by atoms with Gasteiger partial charge in [0.05, 0.1) is 19.6 Å². The molecule has 1 aliphatic rings. The average molecular weight is 280 g/mol. The number of esters is 1. The van der Waals surface area contributed by atoms with Crippen LogP contribution in [0.3, 0.4) is 0 Å². The maximum absolute atomic E-state index is 11.6. The molecule has 0 N–H and O–H groups in total. The standard InChI is InChI=1S/C14H24N4O2/c1-11(2)7-18-13(15-10-16-18)9-17-6-4-5-12(8-17)14(19)20-3/h10-12H,4-9H2,1-3H3. The summed E-state index contributed by atoms with van der Waals surface area (Å²) in [5, 5.41) is 4.28. The van der Waals surface area contributed by atoms with Gasteiger partial charge in [0.15, 0.2) is 0 Å². The minimum Gasteiger partial charge on any atom is -0.469 e. The van der Waals surface area contributed by atoms with Crippen LogP contribution in [0, 0.1) is 11.8 Å². The van der Waals surface area contributed by atoms with Gasteiger partial charge in [-0.1, -0.05) is 13.8 Å². The fourth-order valence-corrected chi connectivity index (χ4v) is 2.67. The van der Waals surface area contributed by atoms with E-state index in [2.05, 4.69) is 28.8 Å². The molecule has 112 valence electrons. The van der Waals surface area contributed by atoms with Crippen LogP contribution in [0.2, 0.25) is 0 Å². The Hall–Kier alpha value is -1.43. The van der Waals surface area contributed by atoms with Crippen molar-refractivity contribution >= 4 is 5.97 Å². The van der Waals surface area contributed by atoms with E-state index in [1.54, 1.807) is 6.33 Å². The zero-order chi connectivity index (χ0) is 14.5. The van der Waals surface area contributed by atoms with Gasteiger partial charge in [-0.15, -0.1) is 0 Å². The molecule has 0 aromatic carbocycles. The summed E-state index contributed by atoms with van der Waals surface area (Å²) in [6.07, 6.45) is 3.55. The molecule has 1 fully saturated rings. The minimum absolute atomic E-state index is 0.00443. The molecule has 0 amide bonds. The molecule has 2 rings (SSSR count). The number of ether oxygens (including phenoxy) is 1. The number of carbonyl (C=O) groups excluding carboxylic acids is 1. The lowest BCUT2D eigenvalue weighted by molar-refractivity contribution is -0.147. The highest BCUT2D eigenvalue weighted by atomic mass is 16.5. The number of aromatic nitrogens is 3. The lowest BCUT2D eigenvalue weighted by Gasteiger charge is -2.30. The van der Waals surface area contributed by atoms with Gasteiger partial charge in [0.25, 0.3) is 0 Å². The molecule has 0 bridgehead atoms. The highest BCUT2D eigenvalue weighted by Gasteiger charge is 2.27. The van der Waals surface area contributed by atoms with Gasteiger partial charge in [-0.05, 0) is 25.3 Å². The maximum atomic E-state index is 11.6. The van der Waals surface area contributed by atoms with Crippen molar-refractivity contribution in [1.29, 1.82) is 0 Å². The summed E-state index contributed by atoms with van der Waals surface area (Å²) in [6.45, 7) is 7.71. The topological polar surface area (TPSA) is 60.2 Å². The third-order valence-corrected chi connectivity index (χ3v) is 3.64. The molecule has 1 saturated heterocycles. The Morgan fingerprint density at radius 3 is 3.05 bits per heavy atom. The number of rotatable bonds is 5. The number of nitrogens with zero attached hydrogens (tertiary/aromatic N) is 4. The maximum Gasteiger partial charge on any atom is 0.309 e. The number of carbonyl (C=O) groups is 1.